The van der Waals surface area contributed by atoms with Gasteiger partial charge < -0.3 is 0 Å². The Labute approximate surface area is 109 Å². The fraction of sp³-hybridized carbons (Fsp3) is 0.714. The molecule has 0 aromatic carbocycles. The molecule has 0 heterocycles. The van der Waals surface area contributed by atoms with Gasteiger partial charge in [-0.1, -0.05) is 0 Å². The second-order valence-electron chi connectivity index (χ2n) is 5.00. The fourth-order valence-electron chi connectivity index (χ4n) is 1.18. The molecule has 0 radical (unpaired) electrons. The van der Waals surface area contributed by atoms with Crippen molar-refractivity contribution in [3.8, 4) is 11.5 Å². The fourth-order valence-corrected chi connectivity index (χ4v) is 3.30. The summed E-state index contributed by atoms with van der Waals surface area (Å²) in [5.74, 6) is 3.44. The Morgan fingerprint density at radius 2 is 1.88 bits per heavy atom. The molecule has 0 aliphatic carbocycles. The molecule has 0 aliphatic rings. The van der Waals surface area contributed by atoms with Crippen LogP contribution in [0.3, 0.4) is 0 Å². The maximum absolute atomic E-state index is 3.48. The molecule has 0 aliphatic heterocycles. The number of allylic oxidation sites excluding steroid dienone is 2. The molecule has 0 amide bonds. The molecule has 92 valence electrons. The van der Waals surface area contributed by atoms with Crippen LogP contribution in [0.2, 0.25) is 25.0 Å². The zero-order chi connectivity index (χ0) is 12.4. The van der Waals surface area contributed by atoms with Gasteiger partial charge in [-0.05, 0) is 0 Å². The molecule has 0 aromatic heterocycles. The Hall–Kier alpha value is 0.0364. The molecule has 0 N–H and O–H groups in total. The monoisotopic (exact) mass is 302 g/mol. The maximum atomic E-state index is 3.48. The van der Waals surface area contributed by atoms with E-state index >= 15 is 0 Å². The van der Waals surface area contributed by atoms with Crippen molar-refractivity contribution in [1.82, 2.24) is 0 Å². The van der Waals surface area contributed by atoms with Crippen molar-refractivity contribution < 1.29 is 0 Å². The Kier molecular flexibility index (Phi) is 9.13. The van der Waals surface area contributed by atoms with E-state index in [0.29, 0.717) is 15.0 Å². The molecule has 0 spiro atoms. The van der Waals surface area contributed by atoms with E-state index in [0.717, 1.165) is 0 Å². The van der Waals surface area contributed by atoms with Crippen LogP contribution in [0.5, 0.6) is 0 Å². The Balaban J connectivity index is 4.29. The normalized spacial score (nSPS) is 12.2. The summed E-state index contributed by atoms with van der Waals surface area (Å²) < 4.78 is 1.44. The standard InChI is InChI=1S/C14H26SeSi/c1-6-8-9-10-11-14(15-7-2)12-13-16(3,4)5/h11H,6-10H2,1-5H3/b14-11-. The number of unbranched alkanes of at least 4 members (excludes halogenated alkanes) is 3. The van der Waals surface area contributed by atoms with Gasteiger partial charge in [-0.2, -0.15) is 0 Å². The Morgan fingerprint density at radius 1 is 1.19 bits per heavy atom. The summed E-state index contributed by atoms with van der Waals surface area (Å²) in [6.45, 7) is 11.5. The summed E-state index contributed by atoms with van der Waals surface area (Å²) in [5.41, 5.74) is 3.48. The molecule has 2 heteroatoms. The van der Waals surface area contributed by atoms with E-state index in [2.05, 4.69) is 51.0 Å². The van der Waals surface area contributed by atoms with Gasteiger partial charge in [0.1, 0.15) is 0 Å². The van der Waals surface area contributed by atoms with Crippen molar-refractivity contribution in [3.05, 3.63) is 10.5 Å². The summed E-state index contributed by atoms with van der Waals surface area (Å²) in [6.07, 6.45) is 7.61. The van der Waals surface area contributed by atoms with Crippen molar-refractivity contribution in [2.75, 3.05) is 0 Å². The summed E-state index contributed by atoms with van der Waals surface area (Å²) >= 11 is 0.610. The third kappa shape index (κ3) is 10.6. The molecule has 16 heavy (non-hydrogen) atoms. The van der Waals surface area contributed by atoms with E-state index in [4.69, 9.17) is 0 Å². The van der Waals surface area contributed by atoms with Crippen LogP contribution in [0.25, 0.3) is 0 Å². The molecule has 0 rings (SSSR count). The van der Waals surface area contributed by atoms with E-state index in [1.54, 1.807) is 0 Å². The van der Waals surface area contributed by atoms with Crippen molar-refractivity contribution in [3.63, 3.8) is 0 Å². The predicted octanol–water partition coefficient (Wildman–Crippen LogP) is 4.47. The first-order valence-electron chi connectivity index (χ1n) is 6.35. The van der Waals surface area contributed by atoms with Gasteiger partial charge in [0.25, 0.3) is 0 Å². The third-order valence-electron chi connectivity index (χ3n) is 2.00. The van der Waals surface area contributed by atoms with Crippen LogP contribution in [0.15, 0.2) is 10.5 Å². The van der Waals surface area contributed by atoms with Crippen LogP contribution in [0, 0.1) is 11.5 Å². The van der Waals surface area contributed by atoms with Gasteiger partial charge in [-0.3, -0.25) is 0 Å². The van der Waals surface area contributed by atoms with Crippen LogP contribution in [0.1, 0.15) is 39.5 Å². The van der Waals surface area contributed by atoms with Gasteiger partial charge >= 0.3 is 110 Å². The van der Waals surface area contributed by atoms with Gasteiger partial charge in [0.05, 0.1) is 0 Å². The predicted molar refractivity (Wildman–Crippen MR) is 79.6 cm³/mol. The average Bonchev–Trinajstić information content (AvgIpc) is 2.19. The number of rotatable bonds is 6. The minimum atomic E-state index is -1.20. The SMILES string of the molecule is CCCCC/C=C(/C#C[Si](C)(C)C)[Se]CC. The van der Waals surface area contributed by atoms with Gasteiger partial charge in [-0.25, -0.2) is 0 Å². The van der Waals surface area contributed by atoms with Gasteiger partial charge in [0, 0.05) is 0 Å². The third-order valence-corrected chi connectivity index (χ3v) is 4.69. The number of hydrogen-bond donors (Lipinski definition) is 0. The van der Waals surface area contributed by atoms with Crippen LogP contribution >= 0.6 is 0 Å². The Morgan fingerprint density at radius 3 is 2.38 bits per heavy atom. The minimum absolute atomic E-state index is 0.610. The molecule has 0 saturated carbocycles. The van der Waals surface area contributed by atoms with E-state index in [1.165, 1.54) is 35.5 Å². The van der Waals surface area contributed by atoms with Crippen molar-refractivity contribution in [2.24, 2.45) is 0 Å². The molecular weight excluding hydrogens is 275 g/mol. The summed E-state index contributed by atoms with van der Waals surface area (Å²) in [5, 5.41) is 1.27. The van der Waals surface area contributed by atoms with Gasteiger partial charge in [0.2, 0.25) is 0 Å². The molecule has 0 aromatic rings. The van der Waals surface area contributed by atoms with Crippen LogP contribution in [0.4, 0.5) is 0 Å². The quantitative estimate of drug-likeness (QED) is 0.386. The van der Waals surface area contributed by atoms with E-state index in [9.17, 15) is 0 Å². The van der Waals surface area contributed by atoms with E-state index in [1.807, 2.05) is 0 Å². The second-order valence-corrected chi connectivity index (χ2v) is 12.5. The first-order valence-corrected chi connectivity index (χ1v) is 11.9. The zero-order valence-corrected chi connectivity index (χ0v) is 14.2. The van der Waals surface area contributed by atoms with Crippen molar-refractivity contribution >= 4 is 23.0 Å². The van der Waals surface area contributed by atoms with Gasteiger partial charge in [-0.15, -0.1) is 0 Å². The molecule has 0 unspecified atom stereocenters. The first-order chi connectivity index (χ1) is 7.49. The first kappa shape index (κ1) is 16.0. The molecule has 0 nitrogen and oxygen atoms in total. The second kappa shape index (κ2) is 9.11. The molecule has 0 saturated heterocycles. The van der Waals surface area contributed by atoms with Gasteiger partial charge in [0.15, 0.2) is 0 Å². The Bertz CT molecular complexity index is 263. The molecule has 0 fully saturated rings. The summed E-state index contributed by atoms with van der Waals surface area (Å²) in [4.78, 5) is 0. The van der Waals surface area contributed by atoms with Crippen molar-refractivity contribution in [1.29, 1.82) is 0 Å². The van der Waals surface area contributed by atoms with E-state index in [-0.39, 0.29) is 0 Å². The van der Waals surface area contributed by atoms with Crippen LogP contribution < -0.4 is 0 Å². The van der Waals surface area contributed by atoms with Crippen LogP contribution in [-0.2, 0) is 0 Å². The number of hydrogen-bond acceptors (Lipinski definition) is 0. The van der Waals surface area contributed by atoms with E-state index < -0.39 is 8.07 Å². The summed E-state index contributed by atoms with van der Waals surface area (Å²) in [7, 11) is -1.20. The molecule has 0 atom stereocenters. The van der Waals surface area contributed by atoms with Crippen molar-refractivity contribution in [2.45, 2.75) is 64.5 Å². The zero-order valence-electron chi connectivity index (χ0n) is 11.5. The van der Waals surface area contributed by atoms with Crippen LogP contribution in [-0.4, -0.2) is 23.0 Å². The molecule has 0 bridgehead atoms. The summed E-state index contributed by atoms with van der Waals surface area (Å²) in [6, 6.07) is 0. The average molecular weight is 301 g/mol. The topological polar surface area (TPSA) is 0 Å². The molecular formula is C14H26SeSi.